The maximum atomic E-state index is 11.3. The Bertz CT molecular complexity index is 485. The quantitative estimate of drug-likeness (QED) is 0.394. The third kappa shape index (κ3) is 5.53. The molecule has 0 heterocycles. The van der Waals surface area contributed by atoms with Crippen molar-refractivity contribution in [1.29, 1.82) is 0 Å². The first-order valence-corrected chi connectivity index (χ1v) is 7.50. The minimum absolute atomic E-state index is 0.217. The van der Waals surface area contributed by atoms with Crippen LogP contribution in [0.25, 0.3) is 0 Å². The molecule has 1 aromatic rings. The zero-order chi connectivity index (χ0) is 15.7. The molecule has 0 amide bonds. The molecule has 0 radical (unpaired) electrons. The molecule has 0 bridgehead atoms. The van der Waals surface area contributed by atoms with E-state index in [4.69, 9.17) is 4.74 Å². The number of nitro benzene ring substituents is 1. The van der Waals surface area contributed by atoms with E-state index in [-0.39, 0.29) is 16.6 Å². The van der Waals surface area contributed by atoms with Gasteiger partial charge in [-0.2, -0.15) is 0 Å². The molecule has 0 saturated carbocycles. The van der Waals surface area contributed by atoms with Crippen LogP contribution >= 0.6 is 0 Å². The Hall–Kier alpha value is -1.91. The summed E-state index contributed by atoms with van der Waals surface area (Å²) >= 11 is 0. The highest BCUT2D eigenvalue weighted by molar-refractivity contribution is 5.69. The summed E-state index contributed by atoms with van der Waals surface area (Å²) in [5, 5.41) is 11.3. The predicted molar refractivity (Wildman–Crippen MR) is 81.3 cm³/mol. The van der Waals surface area contributed by atoms with Gasteiger partial charge in [-0.25, -0.2) is 0 Å². The number of para-hydroxylation sites is 1. The van der Waals surface area contributed by atoms with E-state index < -0.39 is 0 Å². The summed E-state index contributed by atoms with van der Waals surface area (Å²) in [5.41, 5.74) is 1.71. The molecule has 0 aliphatic heterocycles. The zero-order valence-corrected chi connectivity index (χ0v) is 12.8. The maximum Gasteiger partial charge on any atom is 0.305 e. The van der Waals surface area contributed by atoms with E-state index in [1.54, 1.807) is 13.0 Å². The van der Waals surface area contributed by atoms with Crippen molar-refractivity contribution >= 4 is 11.7 Å². The number of unbranched alkanes of at least 4 members (excludes halogenated alkanes) is 1. The van der Waals surface area contributed by atoms with Crippen LogP contribution in [0, 0.1) is 10.1 Å². The monoisotopic (exact) mass is 293 g/mol. The summed E-state index contributed by atoms with van der Waals surface area (Å²) in [4.78, 5) is 22.3. The van der Waals surface area contributed by atoms with Gasteiger partial charge in [0.2, 0.25) is 0 Å². The van der Waals surface area contributed by atoms with Crippen LogP contribution in [-0.2, 0) is 22.4 Å². The van der Waals surface area contributed by atoms with Gasteiger partial charge in [-0.05, 0) is 32.6 Å². The molecule has 21 heavy (non-hydrogen) atoms. The number of nitro groups is 1. The lowest BCUT2D eigenvalue weighted by Gasteiger charge is -2.08. The first-order chi connectivity index (χ1) is 10.1. The van der Waals surface area contributed by atoms with Gasteiger partial charge in [-0.15, -0.1) is 0 Å². The molecule has 0 saturated heterocycles. The molecule has 1 aromatic carbocycles. The van der Waals surface area contributed by atoms with Crippen molar-refractivity contribution in [3.05, 3.63) is 39.4 Å². The van der Waals surface area contributed by atoms with Gasteiger partial charge in [0.25, 0.3) is 5.69 Å². The Morgan fingerprint density at radius 2 is 1.81 bits per heavy atom. The fourth-order valence-electron chi connectivity index (χ4n) is 2.31. The molecule has 0 fully saturated rings. The second-order valence-electron chi connectivity index (χ2n) is 4.94. The van der Waals surface area contributed by atoms with E-state index in [0.717, 1.165) is 24.8 Å². The summed E-state index contributed by atoms with van der Waals surface area (Å²) in [5.74, 6) is -0.248. The Balaban J connectivity index is 2.76. The zero-order valence-electron chi connectivity index (χ0n) is 12.8. The third-order valence-electron chi connectivity index (χ3n) is 3.32. The molecule has 0 atom stereocenters. The van der Waals surface area contributed by atoms with Crippen LogP contribution < -0.4 is 0 Å². The summed E-state index contributed by atoms with van der Waals surface area (Å²) in [6.45, 7) is 4.19. The van der Waals surface area contributed by atoms with Crippen molar-refractivity contribution in [1.82, 2.24) is 0 Å². The number of carbonyl (C=O) groups excluding carboxylic acids is 1. The fourth-order valence-corrected chi connectivity index (χ4v) is 2.31. The van der Waals surface area contributed by atoms with Crippen molar-refractivity contribution in [3.8, 4) is 0 Å². The number of carbonyl (C=O) groups is 1. The largest absolute Gasteiger partial charge is 0.466 e. The summed E-state index contributed by atoms with van der Waals surface area (Å²) in [6.07, 6.45) is 4.05. The average Bonchev–Trinajstić information content (AvgIpc) is 2.45. The van der Waals surface area contributed by atoms with Gasteiger partial charge >= 0.3 is 5.97 Å². The molecule has 116 valence electrons. The van der Waals surface area contributed by atoms with Gasteiger partial charge in [0.05, 0.1) is 11.5 Å². The van der Waals surface area contributed by atoms with Crippen LogP contribution in [0.2, 0.25) is 0 Å². The first kappa shape index (κ1) is 17.1. The van der Waals surface area contributed by atoms with E-state index in [9.17, 15) is 14.9 Å². The molecule has 5 heteroatoms. The van der Waals surface area contributed by atoms with Gasteiger partial charge in [-0.3, -0.25) is 14.9 Å². The van der Waals surface area contributed by atoms with Gasteiger partial charge in [0.15, 0.2) is 0 Å². The number of aryl methyl sites for hydroxylation is 2. The van der Waals surface area contributed by atoms with Crippen LogP contribution in [0.3, 0.4) is 0 Å². The third-order valence-corrected chi connectivity index (χ3v) is 3.32. The topological polar surface area (TPSA) is 69.4 Å². The molecule has 0 spiro atoms. The molecule has 0 unspecified atom stereocenters. The first-order valence-electron chi connectivity index (χ1n) is 7.50. The minimum Gasteiger partial charge on any atom is -0.466 e. The number of nitrogens with zero attached hydrogens (tertiary/aromatic N) is 1. The SMILES string of the molecule is CCCCc1cccc(CCCC(=O)OCC)c1[N+](=O)[O-]. The van der Waals surface area contributed by atoms with Crippen LogP contribution in [0.4, 0.5) is 5.69 Å². The van der Waals surface area contributed by atoms with Crippen molar-refractivity contribution < 1.29 is 14.5 Å². The van der Waals surface area contributed by atoms with Crippen LogP contribution in [0.15, 0.2) is 18.2 Å². The predicted octanol–water partition coefficient (Wildman–Crippen LogP) is 3.82. The number of esters is 1. The lowest BCUT2D eigenvalue weighted by Crippen LogP contribution is -2.05. The van der Waals surface area contributed by atoms with Crippen molar-refractivity contribution in [3.63, 3.8) is 0 Å². The number of hydrogen-bond acceptors (Lipinski definition) is 4. The Labute approximate surface area is 125 Å². The Morgan fingerprint density at radius 3 is 2.33 bits per heavy atom. The standard InChI is InChI=1S/C16H23NO4/c1-3-5-8-13-9-6-10-14(16(13)17(19)20)11-7-12-15(18)21-4-2/h6,9-10H,3-5,7-8,11-12H2,1-2H3. The van der Waals surface area contributed by atoms with Crippen molar-refractivity contribution in [2.24, 2.45) is 0 Å². The second-order valence-corrected chi connectivity index (χ2v) is 4.94. The number of ether oxygens (including phenoxy) is 1. The van der Waals surface area contributed by atoms with E-state index >= 15 is 0 Å². The molecule has 0 N–H and O–H groups in total. The van der Waals surface area contributed by atoms with Crippen molar-refractivity contribution in [2.45, 2.75) is 52.4 Å². The number of benzene rings is 1. The Kier molecular flexibility index (Phi) is 7.43. The van der Waals surface area contributed by atoms with Gasteiger partial charge in [0, 0.05) is 17.5 Å². The molecule has 0 aliphatic rings. The van der Waals surface area contributed by atoms with Crippen molar-refractivity contribution in [2.75, 3.05) is 6.61 Å². The number of rotatable bonds is 9. The molecular weight excluding hydrogens is 270 g/mol. The lowest BCUT2D eigenvalue weighted by atomic mass is 9.99. The smallest absolute Gasteiger partial charge is 0.305 e. The molecule has 0 aromatic heterocycles. The summed E-state index contributed by atoms with van der Waals surface area (Å²) in [6, 6.07) is 5.46. The fraction of sp³-hybridized carbons (Fsp3) is 0.562. The lowest BCUT2D eigenvalue weighted by molar-refractivity contribution is -0.386. The minimum atomic E-state index is -0.301. The van der Waals surface area contributed by atoms with Gasteiger partial charge in [0.1, 0.15) is 0 Å². The maximum absolute atomic E-state index is 11.3. The highest BCUT2D eigenvalue weighted by Crippen LogP contribution is 2.26. The van der Waals surface area contributed by atoms with Crippen LogP contribution in [-0.4, -0.2) is 17.5 Å². The van der Waals surface area contributed by atoms with Gasteiger partial charge in [-0.1, -0.05) is 31.5 Å². The Morgan fingerprint density at radius 1 is 1.19 bits per heavy atom. The van der Waals surface area contributed by atoms with E-state index in [0.29, 0.717) is 31.4 Å². The molecular formula is C16H23NO4. The molecule has 1 rings (SSSR count). The van der Waals surface area contributed by atoms with E-state index in [1.807, 2.05) is 12.1 Å². The van der Waals surface area contributed by atoms with E-state index in [2.05, 4.69) is 6.92 Å². The van der Waals surface area contributed by atoms with Gasteiger partial charge < -0.3 is 4.74 Å². The summed E-state index contributed by atoms with van der Waals surface area (Å²) < 4.78 is 4.86. The van der Waals surface area contributed by atoms with Crippen LogP contribution in [0.1, 0.15) is 50.7 Å². The van der Waals surface area contributed by atoms with E-state index in [1.165, 1.54) is 0 Å². The number of hydrogen-bond donors (Lipinski definition) is 0. The highest BCUT2D eigenvalue weighted by Gasteiger charge is 2.18. The summed E-state index contributed by atoms with van der Waals surface area (Å²) in [7, 11) is 0. The highest BCUT2D eigenvalue weighted by atomic mass is 16.6. The second kappa shape index (κ2) is 9.10. The average molecular weight is 293 g/mol. The van der Waals surface area contributed by atoms with Crippen LogP contribution in [0.5, 0.6) is 0 Å². The molecule has 0 aliphatic carbocycles. The molecule has 5 nitrogen and oxygen atoms in total. The normalized spacial score (nSPS) is 10.4.